The van der Waals surface area contributed by atoms with Gasteiger partial charge in [-0.25, -0.2) is 8.42 Å². The molecule has 0 radical (unpaired) electrons. The minimum Gasteiger partial charge on any atom is -0.465 e. The molecule has 0 unspecified atom stereocenters. The second-order valence-electron chi connectivity index (χ2n) is 5.67. The summed E-state index contributed by atoms with van der Waals surface area (Å²) < 4.78 is 72.3. The van der Waals surface area contributed by atoms with Crippen LogP contribution in [-0.4, -0.2) is 33.9 Å². The second kappa shape index (κ2) is 8.51. The second-order valence-corrected chi connectivity index (χ2v) is 7.53. The largest absolute Gasteiger partial charge is 0.573 e. The Hall–Kier alpha value is -2.75. The van der Waals surface area contributed by atoms with E-state index in [2.05, 4.69) is 4.74 Å². The first-order valence-electron chi connectivity index (χ1n) is 8.14. The molecular formula is C18H18F3NO5S. The first kappa shape index (κ1) is 21.5. The summed E-state index contributed by atoms with van der Waals surface area (Å²) in [6.07, 6.45) is -4.87. The van der Waals surface area contributed by atoms with Crippen LogP contribution in [0.4, 0.5) is 18.9 Å². The third-order valence-electron chi connectivity index (χ3n) is 3.55. The van der Waals surface area contributed by atoms with Gasteiger partial charge in [-0.05, 0) is 50.2 Å². The predicted molar refractivity (Wildman–Crippen MR) is 95.5 cm³/mol. The number of carbonyl (C=O) groups excluding carboxylic acids is 1. The maximum absolute atomic E-state index is 13.0. The quantitative estimate of drug-likeness (QED) is 0.643. The van der Waals surface area contributed by atoms with Crippen molar-refractivity contribution >= 4 is 21.7 Å². The molecule has 0 bridgehead atoms. The number of nitrogens with zero attached hydrogens (tertiary/aromatic N) is 1. The molecular weight excluding hydrogens is 399 g/mol. The van der Waals surface area contributed by atoms with E-state index in [0.717, 1.165) is 34.1 Å². The number of carbonyl (C=O) groups is 1. The molecule has 0 saturated carbocycles. The van der Waals surface area contributed by atoms with Crippen molar-refractivity contribution in [3.05, 3.63) is 54.1 Å². The molecule has 0 aliphatic carbocycles. The normalized spacial score (nSPS) is 11.8. The van der Waals surface area contributed by atoms with Crippen LogP contribution < -0.4 is 9.04 Å². The first-order valence-corrected chi connectivity index (χ1v) is 9.58. The Kier molecular flexibility index (Phi) is 6.55. The molecule has 2 rings (SSSR count). The van der Waals surface area contributed by atoms with Gasteiger partial charge in [0, 0.05) is 0 Å². The summed E-state index contributed by atoms with van der Waals surface area (Å²) in [5.41, 5.74) is 0.827. The van der Waals surface area contributed by atoms with Crippen LogP contribution in [0, 0.1) is 6.92 Å². The Labute approximate surface area is 160 Å². The van der Waals surface area contributed by atoms with Gasteiger partial charge in [-0.2, -0.15) is 0 Å². The molecule has 2 aromatic rings. The molecule has 0 heterocycles. The third-order valence-corrected chi connectivity index (χ3v) is 5.33. The van der Waals surface area contributed by atoms with Crippen molar-refractivity contribution in [2.45, 2.75) is 25.1 Å². The Morgan fingerprint density at radius 3 is 2.11 bits per heavy atom. The van der Waals surface area contributed by atoms with Crippen LogP contribution in [-0.2, 0) is 19.6 Å². The van der Waals surface area contributed by atoms with Gasteiger partial charge in [0.2, 0.25) is 0 Å². The van der Waals surface area contributed by atoms with E-state index >= 15 is 0 Å². The van der Waals surface area contributed by atoms with Crippen LogP contribution >= 0.6 is 0 Å². The lowest BCUT2D eigenvalue weighted by Crippen LogP contribution is -2.36. The molecule has 0 N–H and O–H groups in total. The lowest BCUT2D eigenvalue weighted by molar-refractivity contribution is -0.274. The lowest BCUT2D eigenvalue weighted by atomic mass is 10.2. The minimum absolute atomic E-state index is 0.0110. The summed E-state index contributed by atoms with van der Waals surface area (Å²) in [5, 5.41) is 0. The molecule has 0 atom stereocenters. The molecule has 28 heavy (non-hydrogen) atoms. The van der Waals surface area contributed by atoms with Crippen LogP contribution in [0.25, 0.3) is 0 Å². The summed E-state index contributed by atoms with van der Waals surface area (Å²) in [6.45, 7) is 2.77. The minimum atomic E-state index is -4.87. The fraction of sp³-hybridized carbons (Fsp3) is 0.278. The highest BCUT2D eigenvalue weighted by atomic mass is 32.2. The van der Waals surface area contributed by atoms with Gasteiger partial charge >= 0.3 is 12.3 Å². The SMILES string of the molecule is CCOC(=O)CN(c1ccc(OC(F)(F)F)cc1)S(=O)(=O)c1ccc(C)cc1. The Balaban J connectivity index is 2.41. The topological polar surface area (TPSA) is 72.9 Å². The molecule has 10 heteroatoms. The van der Waals surface area contributed by atoms with Crippen LogP contribution in [0.15, 0.2) is 53.4 Å². The molecule has 6 nitrogen and oxygen atoms in total. The summed E-state index contributed by atoms with van der Waals surface area (Å²) in [7, 11) is -4.16. The van der Waals surface area contributed by atoms with Crippen molar-refractivity contribution in [2.24, 2.45) is 0 Å². The Bertz CT molecular complexity index is 910. The molecule has 0 saturated heterocycles. The Morgan fingerprint density at radius 1 is 1.04 bits per heavy atom. The predicted octanol–water partition coefficient (Wildman–Crippen LogP) is 3.65. The molecule has 0 spiro atoms. The number of esters is 1. The average molecular weight is 417 g/mol. The molecule has 0 aromatic heterocycles. The van der Waals surface area contributed by atoms with E-state index in [0.29, 0.717) is 0 Å². The van der Waals surface area contributed by atoms with Crippen molar-refractivity contribution in [3.8, 4) is 5.75 Å². The number of sulfonamides is 1. The molecule has 0 aliphatic rings. The van der Waals surface area contributed by atoms with Crippen molar-refractivity contribution in [1.29, 1.82) is 0 Å². The van der Waals surface area contributed by atoms with Crippen LogP contribution in [0.5, 0.6) is 5.75 Å². The zero-order chi connectivity index (χ0) is 20.9. The molecule has 152 valence electrons. The van der Waals surface area contributed by atoms with Gasteiger partial charge in [0.05, 0.1) is 17.2 Å². The number of anilines is 1. The van der Waals surface area contributed by atoms with Crippen LogP contribution in [0.2, 0.25) is 0 Å². The smallest absolute Gasteiger partial charge is 0.465 e. The highest BCUT2D eigenvalue weighted by Gasteiger charge is 2.32. The number of ether oxygens (including phenoxy) is 2. The van der Waals surface area contributed by atoms with Crippen molar-refractivity contribution in [1.82, 2.24) is 0 Å². The van der Waals surface area contributed by atoms with E-state index in [9.17, 15) is 26.4 Å². The number of hydrogen-bond acceptors (Lipinski definition) is 5. The highest BCUT2D eigenvalue weighted by molar-refractivity contribution is 7.92. The van der Waals surface area contributed by atoms with E-state index in [1.165, 1.54) is 12.1 Å². The highest BCUT2D eigenvalue weighted by Crippen LogP contribution is 2.28. The lowest BCUT2D eigenvalue weighted by Gasteiger charge is -2.24. The van der Waals surface area contributed by atoms with E-state index in [4.69, 9.17) is 4.74 Å². The molecule has 2 aromatic carbocycles. The number of rotatable bonds is 7. The first-order chi connectivity index (χ1) is 13.0. The fourth-order valence-corrected chi connectivity index (χ4v) is 3.70. The standard InChI is InChI=1S/C18H18F3NO5S/c1-3-26-17(23)12-22(28(24,25)16-10-4-13(2)5-11-16)14-6-8-15(9-7-14)27-18(19,20)21/h4-11H,3,12H2,1-2H3. The maximum atomic E-state index is 13.0. The molecule has 0 fully saturated rings. The third kappa shape index (κ3) is 5.62. The van der Waals surface area contributed by atoms with Crippen molar-refractivity contribution in [2.75, 3.05) is 17.5 Å². The van der Waals surface area contributed by atoms with Crippen LogP contribution in [0.1, 0.15) is 12.5 Å². The van der Waals surface area contributed by atoms with Crippen molar-refractivity contribution < 1.29 is 35.9 Å². The zero-order valence-electron chi connectivity index (χ0n) is 15.1. The van der Waals surface area contributed by atoms with Gasteiger partial charge in [-0.15, -0.1) is 13.2 Å². The van der Waals surface area contributed by atoms with Crippen molar-refractivity contribution in [3.63, 3.8) is 0 Å². The monoisotopic (exact) mass is 417 g/mol. The maximum Gasteiger partial charge on any atom is 0.573 e. The molecule has 0 amide bonds. The van der Waals surface area contributed by atoms with Gasteiger partial charge in [-0.1, -0.05) is 17.7 Å². The zero-order valence-corrected chi connectivity index (χ0v) is 15.9. The number of hydrogen-bond donors (Lipinski definition) is 0. The summed E-state index contributed by atoms with van der Waals surface area (Å²) in [5.74, 6) is -1.31. The summed E-state index contributed by atoms with van der Waals surface area (Å²) >= 11 is 0. The van der Waals surface area contributed by atoms with Gasteiger partial charge < -0.3 is 9.47 Å². The van der Waals surface area contributed by atoms with Gasteiger partial charge in [0.1, 0.15) is 12.3 Å². The Morgan fingerprint density at radius 2 is 1.61 bits per heavy atom. The van der Waals surface area contributed by atoms with Gasteiger partial charge in [0.15, 0.2) is 0 Å². The van der Waals surface area contributed by atoms with Gasteiger partial charge in [-0.3, -0.25) is 9.10 Å². The van der Waals surface area contributed by atoms with E-state index in [1.54, 1.807) is 26.0 Å². The molecule has 0 aliphatic heterocycles. The van der Waals surface area contributed by atoms with Crippen LogP contribution in [0.3, 0.4) is 0 Å². The van der Waals surface area contributed by atoms with E-state index < -0.39 is 34.6 Å². The number of aryl methyl sites for hydroxylation is 1. The summed E-state index contributed by atoms with van der Waals surface area (Å²) in [4.78, 5) is 11.8. The average Bonchev–Trinajstić information content (AvgIpc) is 2.60. The number of alkyl halides is 3. The van der Waals surface area contributed by atoms with Gasteiger partial charge in [0.25, 0.3) is 10.0 Å². The number of benzene rings is 2. The van der Waals surface area contributed by atoms with E-state index in [1.807, 2.05) is 0 Å². The fourth-order valence-electron chi connectivity index (χ4n) is 2.29. The summed E-state index contributed by atoms with van der Waals surface area (Å²) in [6, 6.07) is 10.1. The van der Waals surface area contributed by atoms with E-state index in [-0.39, 0.29) is 17.2 Å². The number of halogens is 3.